The lowest BCUT2D eigenvalue weighted by atomic mass is 9.94. The molecule has 0 amide bonds. The Bertz CT molecular complexity index is 262. The van der Waals surface area contributed by atoms with Gasteiger partial charge in [0.15, 0.2) is 0 Å². The van der Waals surface area contributed by atoms with Gasteiger partial charge in [0.2, 0.25) is 0 Å². The molecule has 1 saturated heterocycles. The first-order chi connectivity index (χ1) is 6.36. The molecule has 2 rings (SSSR count). The minimum Gasteiger partial charge on any atom is -0.381 e. The van der Waals surface area contributed by atoms with Crippen molar-refractivity contribution in [2.24, 2.45) is 0 Å². The van der Waals surface area contributed by atoms with Gasteiger partial charge in [0.25, 0.3) is 0 Å². The van der Waals surface area contributed by atoms with E-state index in [-0.39, 0.29) is 5.82 Å². The second-order valence-electron chi connectivity index (χ2n) is 3.47. The van der Waals surface area contributed by atoms with Crippen LogP contribution in [0.4, 0.5) is 4.39 Å². The van der Waals surface area contributed by atoms with Crippen molar-refractivity contribution in [3.05, 3.63) is 35.6 Å². The zero-order valence-electron chi connectivity index (χ0n) is 7.50. The summed E-state index contributed by atoms with van der Waals surface area (Å²) in [5, 5.41) is 0. The van der Waals surface area contributed by atoms with Crippen LogP contribution in [0, 0.1) is 5.82 Å². The molecule has 1 aromatic carbocycles. The van der Waals surface area contributed by atoms with Crippen molar-refractivity contribution in [1.29, 1.82) is 0 Å². The first kappa shape index (κ1) is 8.70. The lowest BCUT2D eigenvalue weighted by Gasteiger charge is -2.22. The standard InChI is InChI=1S/C11H13FO/c12-11-5-3-9(4-6-11)10-2-1-7-13-8-10/h3-6,10H,1-2,7-8H2/t10-/m0/s1. The predicted octanol–water partition coefficient (Wildman–Crippen LogP) is 2.72. The van der Waals surface area contributed by atoms with Gasteiger partial charge in [-0.25, -0.2) is 4.39 Å². The van der Waals surface area contributed by atoms with Crippen molar-refractivity contribution >= 4 is 0 Å². The molecule has 13 heavy (non-hydrogen) atoms. The van der Waals surface area contributed by atoms with E-state index in [1.54, 1.807) is 0 Å². The molecule has 0 spiro atoms. The third kappa shape index (κ3) is 2.07. The fraction of sp³-hybridized carbons (Fsp3) is 0.455. The average molecular weight is 180 g/mol. The maximum atomic E-state index is 12.6. The highest BCUT2D eigenvalue weighted by molar-refractivity contribution is 5.20. The first-order valence-corrected chi connectivity index (χ1v) is 4.69. The molecule has 1 aromatic rings. The molecule has 1 nitrogen and oxygen atoms in total. The van der Waals surface area contributed by atoms with Crippen molar-refractivity contribution < 1.29 is 9.13 Å². The summed E-state index contributed by atoms with van der Waals surface area (Å²) in [7, 11) is 0. The molecule has 0 saturated carbocycles. The molecule has 0 unspecified atom stereocenters. The zero-order valence-corrected chi connectivity index (χ0v) is 7.50. The molecular formula is C11H13FO. The fourth-order valence-corrected chi connectivity index (χ4v) is 1.74. The number of benzene rings is 1. The second-order valence-corrected chi connectivity index (χ2v) is 3.47. The Morgan fingerprint density at radius 1 is 1.23 bits per heavy atom. The van der Waals surface area contributed by atoms with E-state index in [0.29, 0.717) is 5.92 Å². The number of ether oxygens (including phenoxy) is 1. The molecule has 0 aliphatic carbocycles. The van der Waals surface area contributed by atoms with Crippen LogP contribution in [0.3, 0.4) is 0 Å². The summed E-state index contributed by atoms with van der Waals surface area (Å²) in [4.78, 5) is 0. The van der Waals surface area contributed by atoms with Crippen LogP contribution in [0.2, 0.25) is 0 Å². The van der Waals surface area contributed by atoms with E-state index in [1.807, 2.05) is 12.1 Å². The smallest absolute Gasteiger partial charge is 0.123 e. The summed E-state index contributed by atoms with van der Waals surface area (Å²) in [6, 6.07) is 6.75. The van der Waals surface area contributed by atoms with Crippen molar-refractivity contribution in [3.63, 3.8) is 0 Å². The van der Waals surface area contributed by atoms with E-state index in [1.165, 1.54) is 17.7 Å². The third-order valence-corrected chi connectivity index (χ3v) is 2.50. The average Bonchev–Trinajstić information content (AvgIpc) is 2.20. The molecule has 0 N–H and O–H groups in total. The lowest BCUT2D eigenvalue weighted by molar-refractivity contribution is 0.0804. The summed E-state index contributed by atoms with van der Waals surface area (Å²) in [5.41, 5.74) is 1.20. The number of hydrogen-bond acceptors (Lipinski definition) is 1. The van der Waals surface area contributed by atoms with Gasteiger partial charge in [0.05, 0.1) is 6.61 Å². The maximum absolute atomic E-state index is 12.6. The van der Waals surface area contributed by atoms with Gasteiger partial charge in [-0.1, -0.05) is 12.1 Å². The number of rotatable bonds is 1. The van der Waals surface area contributed by atoms with Crippen LogP contribution in [-0.2, 0) is 4.74 Å². The Kier molecular flexibility index (Phi) is 2.60. The van der Waals surface area contributed by atoms with Gasteiger partial charge in [-0.05, 0) is 30.5 Å². The molecule has 2 heteroatoms. The van der Waals surface area contributed by atoms with Crippen molar-refractivity contribution in [2.45, 2.75) is 18.8 Å². The van der Waals surface area contributed by atoms with E-state index in [9.17, 15) is 4.39 Å². The van der Waals surface area contributed by atoms with Crippen LogP contribution in [0.1, 0.15) is 24.3 Å². The monoisotopic (exact) mass is 180 g/mol. The van der Waals surface area contributed by atoms with E-state index >= 15 is 0 Å². The summed E-state index contributed by atoms with van der Waals surface area (Å²) in [6.07, 6.45) is 2.27. The topological polar surface area (TPSA) is 9.23 Å². The molecule has 1 fully saturated rings. The number of halogens is 1. The van der Waals surface area contributed by atoms with Crippen LogP contribution in [0.5, 0.6) is 0 Å². The van der Waals surface area contributed by atoms with Gasteiger partial charge in [0.1, 0.15) is 5.82 Å². The largest absolute Gasteiger partial charge is 0.381 e. The van der Waals surface area contributed by atoms with Crippen molar-refractivity contribution in [3.8, 4) is 0 Å². The third-order valence-electron chi connectivity index (χ3n) is 2.50. The predicted molar refractivity (Wildman–Crippen MR) is 49.2 cm³/mol. The second kappa shape index (κ2) is 3.88. The Balaban J connectivity index is 2.10. The van der Waals surface area contributed by atoms with Crippen molar-refractivity contribution in [1.82, 2.24) is 0 Å². The Morgan fingerprint density at radius 3 is 2.62 bits per heavy atom. The van der Waals surface area contributed by atoms with Crippen LogP contribution in [0.15, 0.2) is 24.3 Å². The molecule has 1 aliphatic heterocycles. The molecule has 1 heterocycles. The Hall–Kier alpha value is -0.890. The van der Waals surface area contributed by atoms with Gasteiger partial charge in [-0.15, -0.1) is 0 Å². The summed E-state index contributed by atoms with van der Waals surface area (Å²) >= 11 is 0. The summed E-state index contributed by atoms with van der Waals surface area (Å²) in [5.74, 6) is 0.301. The normalized spacial score (nSPS) is 23.0. The first-order valence-electron chi connectivity index (χ1n) is 4.69. The fourth-order valence-electron chi connectivity index (χ4n) is 1.74. The molecule has 1 atom stereocenters. The van der Waals surface area contributed by atoms with Crippen LogP contribution >= 0.6 is 0 Å². The van der Waals surface area contributed by atoms with Gasteiger partial charge in [-0.3, -0.25) is 0 Å². The maximum Gasteiger partial charge on any atom is 0.123 e. The van der Waals surface area contributed by atoms with E-state index < -0.39 is 0 Å². The van der Waals surface area contributed by atoms with Crippen LogP contribution in [-0.4, -0.2) is 13.2 Å². The zero-order chi connectivity index (χ0) is 9.10. The summed E-state index contributed by atoms with van der Waals surface area (Å²) < 4.78 is 18.0. The molecule has 0 aromatic heterocycles. The highest BCUT2D eigenvalue weighted by atomic mass is 19.1. The van der Waals surface area contributed by atoms with E-state index in [2.05, 4.69) is 0 Å². The Labute approximate surface area is 77.5 Å². The summed E-state index contributed by atoms with van der Waals surface area (Å²) in [6.45, 7) is 1.66. The quantitative estimate of drug-likeness (QED) is 0.645. The van der Waals surface area contributed by atoms with Crippen LogP contribution in [0.25, 0.3) is 0 Å². The highest BCUT2D eigenvalue weighted by Gasteiger charge is 2.15. The minimum absolute atomic E-state index is 0.166. The molecular weight excluding hydrogens is 167 g/mol. The molecule has 1 aliphatic rings. The van der Waals surface area contributed by atoms with Crippen LogP contribution < -0.4 is 0 Å². The number of hydrogen-bond donors (Lipinski definition) is 0. The van der Waals surface area contributed by atoms with Gasteiger partial charge < -0.3 is 4.74 Å². The molecule has 0 radical (unpaired) electrons. The SMILES string of the molecule is Fc1ccc([C@H]2CCCOC2)cc1. The van der Waals surface area contributed by atoms with E-state index in [0.717, 1.165) is 26.1 Å². The minimum atomic E-state index is -0.166. The van der Waals surface area contributed by atoms with Gasteiger partial charge in [-0.2, -0.15) is 0 Å². The molecule has 70 valence electrons. The Morgan fingerprint density at radius 2 is 2.00 bits per heavy atom. The lowest BCUT2D eigenvalue weighted by Crippen LogP contribution is -2.15. The van der Waals surface area contributed by atoms with Gasteiger partial charge in [0, 0.05) is 12.5 Å². The van der Waals surface area contributed by atoms with Gasteiger partial charge >= 0.3 is 0 Å². The van der Waals surface area contributed by atoms with E-state index in [4.69, 9.17) is 4.74 Å². The highest BCUT2D eigenvalue weighted by Crippen LogP contribution is 2.25. The van der Waals surface area contributed by atoms with Crippen molar-refractivity contribution in [2.75, 3.05) is 13.2 Å². The molecule has 0 bridgehead atoms.